The Morgan fingerprint density at radius 2 is 1.63 bits per heavy atom. The molecule has 0 aliphatic heterocycles. The molecule has 1 N–H and O–H groups in total. The standard InChI is InChI=1S/C22H18N4O/c1-16-23-13-14-26(16)21-12-11-20(15-24-21)25-22(27)19-9-7-18(8-10-19)17-5-3-2-4-6-17/h2-15H,1H3,(H,25,27). The summed E-state index contributed by atoms with van der Waals surface area (Å²) in [5.41, 5.74) is 3.45. The number of nitrogens with one attached hydrogen (secondary N) is 1. The van der Waals surface area contributed by atoms with E-state index in [1.807, 2.05) is 84.4 Å². The maximum Gasteiger partial charge on any atom is 0.255 e. The molecular formula is C22H18N4O. The summed E-state index contributed by atoms with van der Waals surface area (Å²) in [4.78, 5) is 21.1. The van der Waals surface area contributed by atoms with Crippen molar-refractivity contribution in [2.75, 3.05) is 5.32 Å². The summed E-state index contributed by atoms with van der Waals surface area (Å²) < 4.78 is 1.88. The fourth-order valence-corrected chi connectivity index (χ4v) is 2.87. The van der Waals surface area contributed by atoms with Gasteiger partial charge in [0.2, 0.25) is 0 Å². The number of pyridine rings is 1. The summed E-state index contributed by atoms with van der Waals surface area (Å²) in [5, 5.41) is 2.88. The third-order valence-corrected chi connectivity index (χ3v) is 4.33. The molecule has 4 aromatic rings. The van der Waals surface area contributed by atoms with E-state index in [4.69, 9.17) is 0 Å². The SMILES string of the molecule is Cc1nccn1-c1ccc(NC(=O)c2ccc(-c3ccccc3)cc2)cn1. The van der Waals surface area contributed by atoms with Crippen LogP contribution in [0.25, 0.3) is 16.9 Å². The molecule has 132 valence electrons. The van der Waals surface area contributed by atoms with Crippen molar-refractivity contribution in [1.82, 2.24) is 14.5 Å². The van der Waals surface area contributed by atoms with E-state index in [1.165, 1.54) is 0 Å². The number of aromatic nitrogens is 3. The van der Waals surface area contributed by atoms with E-state index in [9.17, 15) is 4.79 Å². The smallest absolute Gasteiger partial charge is 0.255 e. The largest absolute Gasteiger partial charge is 0.321 e. The molecule has 2 aromatic carbocycles. The van der Waals surface area contributed by atoms with Crippen molar-refractivity contribution in [2.24, 2.45) is 0 Å². The average Bonchev–Trinajstić information content (AvgIpc) is 3.15. The van der Waals surface area contributed by atoms with Crippen LogP contribution in [0, 0.1) is 6.92 Å². The normalized spacial score (nSPS) is 10.6. The number of aryl methyl sites for hydroxylation is 1. The van der Waals surface area contributed by atoms with Gasteiger partial charge in [0.25, 0.3) is 5.91 Å². The van der Waals surface area contributed by atoms with Crippen molar-refractivity contribution in [1.29, 1.82) is 0 Å². The number of amides is 1. The molecule has 0 spiro atoms. The molecule has 1 amide bonds. The van der Waals surface area contributed by atoms with E-state index in [1.54, 1.807) is 12.4 Å². The van der Waals surface area contributed by atoms with Crippen molar-refractivity contribution in [2.45, 2.75) is 6.92 Å². The highest BCUT2D eigenvalue weighted by Crippen LogP contribution is 2.20. The molecule has 0 saturated carbocycles. The summed E-state index contributed by atoms with van der Waals surface area (Å²) in [6, 6.07) is 21.3. The Balaban J connectivity index is 1.47. The number of rotatable bonds is 4. The zero-order valence-corrected chi connectivity index (χ0v) is 14.8. The first kappa shape index (κ1) is 16.7. The summed E-state index contributed by atoms with van der Waals surface area (Å²) in [7, 11) is 0. The Morgan fingerprint density at radius 1 is 0.889 bits per heavy atom. The number of hydrogen-bond acceptors (Lipinski definition) is 3. The minimum Gasteiger partial charge on any atom is -0.321 e. The van der Waals surface area contributed by atoms with Crippen LogP contribution in [0.5, 0.6) is 0 Å². The van der Waals surface area contributed by atoms with Gasteiger partial charge in [0.1, 0.15) is 11.6 Å². The van der Waals surface area contributed by atoms with Gasteiger partial charge in [0, 0.05) is 18.0 Å². The quantitative estimate of drug-likeness (QED) is 0.587. The third-order valence-electron chi connectivity index (χ3n) is 4.33. The van der Waals surface area contributed by atoms with Crippen LogP contribution in [0.3, 0.4) is 0 Å². The highest BCUT2D eigenvalue weighted by atomic mass is 16.1. The molecule has 0 unspecified atom stereocenters. The second kappa shape index (κ2) is 7.25. The van der Waals surface area contributed by atoms with Crippen LogP contribution in [-0.4, -0.2) is 20.4 Å². The highest BCUT2D eigenvalue weighted by Gasteiger charge is 2.08. The van der Waals surface area contributed by atoms with E-state index in [2.05, 4.69) is 15.3 Å². The molecule has 0 aliphatic carbocycles. The molecular weight excluding hydrogens is 336 g/mol. The summed E-state index contributed by atoms with van der Waals surface area (Å²) in [6.45, 7) is 1.91. The highest BCUT2D eigenvalue weighted by molar-refractivity contribution is 6.04. The van der Waals surface area contributed by atoms with Crippen LogP contribution in [0.2, 0.25) is 0 Å². The van der Waals surface area contributed by atoms with Gasteiger partial charge in [-0.3, -0.25) is 9.36 Å². The van der Waals surface area contributed by atoms with Gasteiger partial charge in [-0.25, -0.2) is 9.97 Å². The lowest BCUT2D eigenvalue weighted by Crippen LogP contribution is -2.12. The molecule has 5 heteroatoms. The molecule has 27 heavy (non-hydrogen) atoms. The van der Waals surface area contributed by atoms with Gasteiger partial charge in [-0.2, -0.15) is 0 Å². The lowest BCUT2D eigenvalue weighted by Gasteiger charge is -2.08. The van der Waals surface area contributed by atoms with E-state index >= 15 is 0 Å². The fraction of sp³-hybridized carbons (Fsp3) is 0.0455. The monoisotopic (exact) mass is 354 g/mol. The Morgan fingerprint density at radius 3 is 2.26 bits per heavy atom. The maximum atomic E-state index is 12.5. The maximum absolute atomic E-state index is 12.5. The molecule has 0 fully saturated rings. The van der Waals surface area contributed by atoms with Crippen molar-refractivity contribution < 1.29 is 4.79 Å². The van der Waals surface area contributed by atoms with Crippen LogP contribution in [0.1, 0.15) is 16.2 Å². The number of anilines is 1. The van der Waals surface area contributed by atoms with Gasteiger partial charge in [-0.1, -0.05) is 42.5 Å². The molecule has 0 aliphatic rings. The van der Waals surface area contributed by atoms with E-state index in [0.717, 1.165) is 22.8 Å². The van der Waals surface area contributed by atoms with Crippen LogP contribution in [0.4, 0.5) is 5.69 Å². The molecule has 5 nitrogen and oxygen atoms in total. The predicted molar refractivity (Wildman–Crippen MR) is 106 cm³/mol. The number of nitrogens with zero attached hydrogens (tertiary/aromatic N) is 3. The topological polar surface area (TPSA) is 59.8 Å². The second-order valence-corrected chi connectivity index (χ2v) is 6.15. The van der Waals surface area contributed by atoms with Crippen LogP contribution < -0.4 is 5.32 Å². The first-order valence-electron chi connectivity index (χ1n) is 8.64. The van der Waals surface area contributed by atoms with Gasteiger partial charge in [-0.05, 0) is 42.3 Å². The number of imidazole rings is 1. The zero-order chi connectivity index (χ0) is 18.6. The zero-order valence-electron chi connectivity index (χ0n) is 14.8. The van der Waals surface area contributed by atoms with E-state index in [0.29, 0.717) is 11.3 Å². The van der Waals surface area contributed by atoms with Gasteiger partial charge < -0.3 is 5.32 Å². The van der Waals surface area contributed by atoms with Crippen molar-refractivity contribution in [3.63, 3.8) is 0 Å². The molecule has 2 heterocycles. The lowest BCUT2D eigenvalue weighted by molar-refractivity contribution is 0.102. The second-order valence-electron chi connectivity index (χ2n) is 6.15. The van der Waals surface area contributed by atoms with Crippen molar-refractivity contribution in [3.05, 3.63) is 96.7 Å². The fourth-order valence-electron chi connectivity index (χ4n) is 2.87. The van der Waals surface area contributed by atoms with Crippen LogP contribution >= 0.6 is 0 Å². The number of benzene rings is 2. The van der Waals surface area contributed by atoms with E-state index < -0.39 is 0 Å². The Kier molecular flexibility index (Phi) is 4.49. The molecule has 0 radical (unpaired) electrons. The van der Waals surface area contributed by atoms with Crippen LogP contribution in [-0.2, 0) is 0 Å². The molecule has 4 rings (SSSR count). The van der Waals surface area contributed by atoms with Crippen LogP contribution in [0.15, 0.2) is 85.3 Å². The first-order chi connectivity index (χ1) is 13.2. The molecule has 0 bridgehead atoms. The van der Waals surface area contributed by atoms with Crippen molar-refractivity contribution >= 4 is 11.6 Å². The first-order valence-corrected chi connectivity index (χ1v) is 8.64. The van der Waals surface area contributed by atoms with Crippen molar-refractivity contribution in [3.8, 4) is 16.9 Å². The number of carbonyl (C=O) groups excluding carboxylic acids is 1. The molecule has 2 aromatic heterocycles. The minimum absolute atomic E-state index is 0.164. The summed E-state index contributed by atoms with van der Waals surface area (Å²) in [5.74, 6) is 1.45. The number of carbonyl (C=O) groups is 1. The summed E-state index contributed by atoms with van der Waals surface area (Å²) in [6.07, 6.45) is 5.22. The van der Waals surface area contributed by atoms with Gasteiger partial charge in [-0.15, -0.1) is 0 Å². The molecule has 0 saturated heterocycles. The summed E-state index contributed by atoms with van der Waals surface area (Å²) >= 11 is 0. The Hall–Kier alpha value is -3.73. The van der Waals surface area contributed by atoms with Gasteiger partial charge in [0.05, 0.1) is 11.9 Å². The lowest BCUT2D eigenvalue weighted by atomic mass is 10.0. The van der Waals surface area contributed by atoms with Gasteiger partial charge >= 0.3 is 0 Å². The van der Waals surface area contributed by atoms with E-state index in [-0.39, 0.29) is 5.91 Å². The molecule has 0 atom stereocenters. The van der Waals surface area contributed by atoms with Gasteiger partial charge in [0.15, 0.2) is 0 Å². The predicted octanol–water partition coefficient (Wildman–Crippen LogP) is 4.50. The average molecular weight is 354 g/mol. The Labute approximate surface area is 157 Å². The third kappa shape index (κ3) is 3.62. The minimum atomic E-state index is -0.164. The number of hydrogen-bond donors (Lipinski definition) is 1. The Bertz CT molecular complexity index is 1050.